The number of benzene rings is 3. The molecule has 0 aliphatic heterocycles. The van der Waals surface area contributed by atoms with Crippen LogP contribution in [0.3, 0.4) is 0 Å². The molecule has 0 radical (unpaired) electrons. The number of fused-ring (bicyclic) bond motifs is 3. The minimum atomic E-state index is 1.33. The Morgan fingerprint density at radius 2 is 1.00 bits per heavy atom. The molecule has 27 heavy (non-hydrogen) atoms. The van der Waals surface area contributed by atoms with Crippen molar-refractivity contribution in [2.45, 2.75) is 0 Å². The molecule has 3 heterocycles. The van der Waals surface area contributed by atoms with E-state index in [1.54, 1.807) is 34.0 Å². The second-order valence-electron chi connectivity index (χ2n) is 5.91. The third-order valence-electron chi connectivity index (χ3n) is 4.11. The van der Waals surface area contributed by atoms with E-state index in [1.807, 2.05) is 22.9 Å². The van der Waals surface area contributed by atoms with Gasteiger partial charge >= 0.3 is 0 Å². The fourth-order valence-electron chi connectivity index (χ4n) is 2.78. The van der Waals surface area contributed by atoms with Crippen LogP contribution < -0.4 is 0 Å². The van der Waals surface area contributed by atoms with Crippen LogP contribution in [0.1, 0.15) is 0 Å². The van der Waals surface area contributed by atoms with Gasteiger partial charge < -0.3 is 0 Å². The first-order valence-corrected chi connectivity index (χ1v) is 11.4. The molecule has 0 N–H and O–H groups in total. The number of rotatable bonds is 0. The van der Waals surface area contributed by atoms with Crippen LogP contribution in [0.5, 0.6) is 0 Å². The van der Waals surface area contributed by atoms with E-state index in [0.29, 0.717) is 0 Å². The van der Waals surface area contributed by atoms with Crippen molar-refractivity contribution in [1.29, 1.82) is 0 Å². The summed E-state index contributed by atoms with van der Waals surface area (Å²) in [5.74, 6) is 0. The van der Waals surface area contributed by atoms with Gasteiger partial charge in [0, 0.05) is 9.40 Å². The van der Waals surface area contributed by atoms with Crippen LogP contribution in [0, 0.1) is 0 Å². The molecule has 0 amide bonds. The molecule has 0 nitrogen and oxygen atoms in total. The maximum absolute atomic E-state index is 2.26. The maximum Gasteiger partial charge on any atom is 0.0349 e. The van der Waals surface area contributed by atoms with Gasteiger partial charge in [-0.1, -0.05) is 54.6 Å². The van der Waals surface area contributed by atoms with Gasteiger partial charge in [0.05, 0.1) is 0 Å². The Labute approximate surface area is 171 Å². The minimum absolute atomic E-state index is 1.33. The second-order valence-corrected chi connectivity index (χ2v) is 8.62. The van der Waals surface area contributed by atoms with E-state index < -0.39 is 0 Å². The molecule has 0 spiro atoms. The van der Waals surface area contributed by atoms with E-state index >= 15 is 0 Å². The van der Waals surface area contributed by atoms with Gasteiger partial charge in [-0.15, -0.1) is 22.7 Å². The van der Waals surface area contributed by atoms with E-state index in [9.17, 15) is 0 Å². The van der Waals surface area contributed by atoms with Crippen molar-refractivity contribution in [1.82, 2.24) is 0 Å². The van der Waals surface area contributed by atoms with Gasteiger partial charge in [-0.3, -0.25) is 0 Å². The molecule has 6 aromatic rings. The largest absolute Gasteiger partial charge is 0.152 e. The molecule has 0 unspecified atom stereocenters. The molecule has 132 valence electrons. The molecular weight excluding hydrogens is 384 g/mol. The van der Waals surface area contributed by atoms with Crippen LogP contribution >= 0.6 is 34.0 Å². The van der Waals surface area contributed by atoms with Gasteiger partial charge in [0.15, 0.2) is 0 Å². The predicted octanol–water partition coefficient (Wildman–Crippen LogP) is 8.70. The number of hydrogen-bond acceptors (Lipinski definition) is 3. The topological polar surface area (TPSA) is 0 Å². The highest BCUT2D eigenvalue weighted by atomic mass is 32.1. The van der Waals surface area contributed by atoms with Gasteiger partial charge in [-0.25, -0.2) is 0 Å². The van der Waals surface area contributed by atoms with Crippen molar-refractivity contribution in [2.75, 3.05) is 0 Å². The van der Waals surface area contributed by atoms with E-state index in [1.165, 1.54) is 30.9 Å². The monoisotopic (exact) mass is 402 g/mol. The van der Waals surface area contributed by atoms with E-state index in [0.717, 1.165) is 0 Å². The van der Waals surface area contributed by atoms with Crippen LogP contribution in [-0.4, -0.2) is 0 Å². The van der Waals surface area contributed by atoms with Gasteiger partial charge in [0.1, 0.15) is 0 Å². The summed E-state index contributed by atoms with van der Waals surface area (Å²) in [6.07, 6.45) is 0. The maximum atomic E-state index is 2.26. The molecule has 0 fully saturated rings. The van der Waals surface area contributed by atoms with Gasteiger partial charge in [0.25, 0.3) is 0 Å². The number of thiophene rings is 3. The summed E-state index contributed by atoms with van der Waals surface area (Å²) in [7, 11) is 0. The Morgan fingerprint density at radius 3 is 1.67 bits per heavy atom. The molecule has 3 aromatic carbocycles. The van der Waals surface area contributed by atoms with Crippen molar-refractivity contribution in [3.63, 3.8) is 0 Å². The third-order valence-corrected chi connectivity index (χ3v) is 6.51. The lowest BCUT2D eigenvalue weighted by molar-refractivity contribution is 1.81. The molecule has 3 aromatic heterocycles. The summed E-state index contributed by atoms with van der Waals surface area (Å²) in [5.41, 5.74) is 0. The summed E-state index contributed by atoms with van der Waals surface area (Å²) < 4.78 is 2.75. The second kappa shape index (κ2) is 8.96. The highest BCUT2D eigenvalue weighted by molar-refractivity contribution is 7.17. The molecule has 3 heteroatoms. The van der Waals surface area contributed by atoms with Crippen LogP contribution in [-0.2, 0) is 0 Å². The van der Waals surface area contributed by atoms with E-state index in [-0.39, 0.29) is 0 Å². The van der Waals surface area contributed by atoms with Crippen molar-refractivity contribution in [3.05, 3.63) is 106 Å². The minimum Gasteiger partial charge on any atom is -0.152 e. The zero-order valence-corrected chi connectivity index (χ0v) is 17.1. The molecular formula is C24H18S3. The Kier molecular flexibility index (Phi) is 5.95. The van der Waals surface area contributed by atoms with Gasteiger partial charge in [0.2, 0.25) is 0 Å². The fourth-order valence-corrected chi connectivity index (χ4v) is 4.85. The van der Waals surface area contributed by atoms with Gasteiger partial charge in [-0.05, 0) is 73.4 Å². The lowest BCUT2D eigenvalue weighted by Gasteiger charge is -1.96. The quantitative estimate of drug-likeness (QED) is 0.238. The summed E-state index contributed by atoms with van der Waals surface area (Å²) in [4.78, 5) is 0. The molecule has 0 bridgehead atoms. The lowest BCUT2D eigenvalue weighted by atomic mass is 10.1. The van der Waals surface area contributed by atoms with Crippen LogP contribution in [0.4, 0.5) is 0 Å². The smallest absolute Gasteiger partial charge is 0.0349 e. The van der Waals surface area contributed by atoms with Crippen LogP contribution in [0.15, 0.2) is 106 Å². The summed E-state index contributed by atoms with van der Waals surface area (Å²) in [5, 5.41) is 13.7. The van der Waals surface area contributed by atoms with E-state index in [2.05, 4.69) is 83.6 Å². The molecule has 0 atom stereocenters. The Morgan fingerprint density at radius 1 is 0.407 bits per heavy atom. The van der Waals surface area contributed by atoms with Crippen molar-refractivity contribution in [3.8, 4) is 0 Å². The normalized spacial score (nSPS) is 10.2. The molecule has 0 saturated carbocycles. The summed E-state index contributed by atoms with van der Waals surface area (Å²) >= 11 is 5.30. The highest BCUT2D eigenvalue weighted by Crippen LogP contribution is 2.26. The lowest BCUT2D eigenvalue weighted by Crippen LogP contribution is -1.69. The zero-order valence-electron chi connectivity index (χ0n) is 14.6. The Bertz CT molecular complexity index is 1130. The third kappa shape index (κ3) is 4.64. The SMILES string of the molecule is c1ccc2cc3sccc3cc2c1.c1ccc2sccc2c1.c1ccsc1. The average molecular weight is 403 g/mol. The fraction of sp³-hybridized carbons (Fsp3) is 0. The molecule has 0 saturated heterocycles. The predicted molar refractivity (Wildman–Crippen MR) is 125 cm³/mol. The Balaban J connectivity index is 0.000000111. The van der Waals surface area contributed by atoms with Crippen molar-refractivity contribution in [2.24, 2.45) is 0 Å². The summed E-state index contributed by atoms with van der Waals surface area (Å²) in [6, 6.07) is 29.8. The first-order chi connectivity index (χ1) is 13.4. The van der Waals surface area contributed by atoms with Crippen LogP contribution in [0.25, 0.3) is 30.9 Å². The highest BCUT2D eigenvalue weighted by Gasteiger charge is 1.97. The van der Waals surface area contributed by atoms with Gasteiger partial charge in [-0.2, -0.15) is 11.3 Å². The summed E-state index contributed by atoms with van der Waals surface area (Å²) in [6.45, 7) is 0. The number of hydrogen-bond donors (Lipinski definition) is 0. The van der Waals surface area contributed by atoms with Crippen LogP contribution in [0.2, 0.25) is 0 Å². The molecule has 0 aliphatic rings. The van der Waals surface area contributed by atoms with Crippen molar-refractivity contribution < 1.29 is 0 Å². The first-order valence-electron chi connectivity index (χ1n) is 8.65. The standard InChI is InChI=1S/C12H8S.C8H6S.C4H4S/c1-2-4-10-8-12-11(5-6-13-12)7-9(10)3-1;1-2-4-8-7(3-1)5-6-9-8;1-2-4-5-3-1/h1-8H;1-6H;1-4H. The average Bonchev–Trinajstić information content (AvgIpc) is 3.49. The Hall–Kier alpha value is -2.46. The van der Waals surface area contributed by atoms with E-state index in [4.69, 9.17) is 0 Å². The molecule has 0 aliphatic carbocycles. The van der Waals surface area contributed by atoms with Crippen molar-refractivity contribution >= 4 is 65.0 Å². The molecule has 6 rings (SSSR count). The zero-order chi connectivity index (χ0) is 18.3. The first kappa shape index (κ1) is 17.9.